The summed E-state index contributed by atoms with van der Waals surface area (Å²) in [5.41, 5.74) is -1.06. The van der Waals surface area contributed by atoms with Crippen molar-refractivity contribution in [2.24, 2.45) is 0 Å². The Hall–Kier alpha value is -3.47. The van der Waals surface area contributed by atoms with E-state index >= 15 is 0 Å². The smallest absolute Gasteiger partial charge is 0.383 e. The predicted molar refractivity (Wildman–Crippen MR) is 111 cm³/mol. The first-order chi connectivity index (χ1) is 15.2. The van der Waals surface area contributed by atoms with E-state index in [0.29, 0.717) is 5.82 Å². The van der Waals surface area contributed by atoms with Gasteiger partial charge in [-0.05, 0) is 30.3 Å². The van der Waals surface area contributed by atoms with Gasteiger partial charge in [-0.25, -0.2) is 4.98 Å². The number of ether oxygens (including phenoxy) is 1. The molecule has 2 N–H and O–H groups in total. The zero-order valence-electron chi connectivity index (χ0n) is 17.3. The van der Waals surface area contributed by atoms with Crippen LogP contribution in [0, 0.1) is 0 Å². The Labute approximate surface area is 182 Å². The summed E-state index contributed by atoms with van der Waals surface area (Å²) in [6, 6.07) is 9.01. The number of carbonyl (C=O) groups excluding carboxylic acids is 3. The average Bonchev–Trinajstić information content (AvgIpc) is 2.76. The molecule has 3 amide bonds. The quantitative estimate of drug-likeness (QED) is 0.540. The molecule has 1 aromatic heterocycles. The highest BCUT2D eigenvalue weighted by atomic mass is 19.4. The third-order valence-electron chi connectivity index (χ3n) is 4.21. The number of anilines is 2. The molecule has 0 aliphatic heterocycles. The van der Waals surface area contributed by atoms with Gasteiger partial charge in [0.25, 0.3) is 0 Å². The van der Waals surface area contributed by atoms with Gasteiger partial charge in [-0.2, -0.15) is 13.2 Å². The van der Waals surface area contributed by atoms with E-state index in [1.807, 2.05) is 0 Å². The van der Waals surface area contributed by atoms with E-state index < -0.39 is 36.0 Å². The van der Waals surface area contributed by atoms with E-state index in [9.17, 15) is 27.6 Å². The third kappa shape index (κ3) is 7.99. The van der Waals surface area contributed by atoms with Crippen LogP contribution in [0.3, 0.4) is 0 Å². The second-order valence-corrected chi connectivity index (χ2v) is 6.63. The maximum absolute atomic E-state index is 13.1. The lowest BCUT2D eigenvalue weighted by Crippen LogP contribution is -2.42. The van der Waals surface area contributed by atoms with Crippen molar-refractivity contribution in [1.29, 1.82) is 0 Å². The number of hydrogen-bond acceptors (Lipinski definition) is 5. The van der Waals surface area contributed by atoms with Crippen molar-refractivity contribution in [3.8, 4) is 0 Å². The van der Waals surface area contributed by atoms with Crippen molar-refractivity contribution >= 4 is 29.2 Å². The SMILES string of the molecule is COCCNC(=O)CN(C(=O)CCC(=O)Nc1ccccn1)c1cccc(C(F)(F)F)c1. The number of pyridine rings is 1. The van der Waals surface area contributed by atoms with Crippen molar-refractivity contribution in [1.82, 2.24) is 10.3 Å². The van der Waals surface area contributed by atoms with Gasteiger partial charge in [-0.3, -0.25) is 14.4 Å². The van der Waals surface area contributed by atoms with Crippen LogP contribution in [0.4, 0.5) is 24.7 Å². The van der Waals surface area contributed by atoms with E-state index in [-0.39, 0.29) is 31.7 Å². The monoisotopic (exact) mass is 452 g/mol. The highest BCUT2D eigenvalue weighted by Gasteiger charge is 2.31. The second-order valence-electron chi connectivity index (χ2n) is 6.63. The Morgan fingerprint density at radius 1 is 1.06 bits per heavy atom. The number of benzene rings is 1. The molecular formula is C21H23F3N4O4. The number of rotatable bonds is 10. The summed E-state index contributed by atoms with van der Waals surface area (Å²) < 4.78 is 44.1. The van der Waals surface area contributed by atoms with Crippen LogP contribution in [-0.4, -0.2) is 49.5 Å². The minimum absolute atomic E-state index is 0.100. The minimum atomic E-state index is -4.62. The van der Waals surface area contributed by atoms with Gasteiger partial charge in [0.15, 0.2) is 0 Å². The predicted octanol–water partition coefficient (Wildman–Crippen LogP) is 2.61. The number of alkyl halides is 3. The number of carbonyl (C=O) groups is 3. The number of halogens is 3. The molecule has 0 unspecified atom stereocenters. The normalized spacial score (nSPS) is 11.0. The van der Waals surface area contributed by atoms with Gasteiger partial charge in [-0.15, -0.1) is 0 Å². The zero-order chi connectivity index (χ0) is 23.6. The Kier molecular flexibility index (Phi) is 9.14. The lowest BCUT2D eigenvalue weighted by atomic mass is 10.1. The maximum Gasteiger partial charge on any atom is 0.416 e. The largest absolute Gasteiger partial charge is 0.416 e. The van der Waals surface area contributed by atoms with E-state index in [4.69, 9.17) is 4.74 Å². The zero-order valence-corrected chi connectivity index (χ0v) is 17.3. The van der Waals surface area contributed by atoms with Gasteiger partial charge in [0.1, 0.15) is 12.4 Å². The molecule has 2 aromatic rings. The summed E-state index contributed by atoms with van der Waals surface area (Å²) in [7, 11) is 1.45. The molecule has 0 atom stereocenters. The first-order valence-corrected chi connectivity index (χ1v) is 9.65. The van der Waals surface area contributed by atoms with Crippen molar-refractivity contribution in [3.63, 3.8) is 0 Å². The lowest BCUT2D eigenvalue weighted by molar-refractivity contribution is -0.137. The lowest BCUT2D eigenvalue weighted by Gasteiger charge is -2.23. The average molecular weight is 452 g/mol. The molecule has 172 valence electrons. The van der Waals surface area contributed by atoms with Crippen LogP contribution in [0.5, 0.6) is 0 Å². The summed E-state index contributed by atoms with van der Waals surface area (Å²) in [5, 5.41) is 5.03. The molecule has 0 fully saturated rings. The number of methoxy groups -OCH3 is 1. The van der Waals surface area contributed by atoms with Gasteiger partial charge < -0.3 is 20.3 Å². The Morgan fingerprint density at radius 3 is 2.50 bits per heavy atom. The maximum atomic E-state index is 13.1. The van der Waals surface area contributed by atoms with E-state index in [1.54, 1.807) is 18.2 Å². The second kappa shape index (κ2) is 11.8. The third-order valence-corrected chi connectivity index (χ3v) is 4.21. The topological polar surface area (TPSA) is 101 Å². The van der Waals surface area contributed by atoms with Gasteiger partial charge >= 0.3 is 6.18 Å². The fourth-order valence-corrected chi connectivity index (χ4v) is 2.66. The van der Waals surface area contributed by atoms with Crippen LogP contribution in [0.25, 0.3) is 0 Å². The van der Waals surface area contributed by atoms with Crippen molar-refractivity contribution in [3.05, 3.63) is 54.2 Å². The molecule has 0 radical (unpaired) electrons. The fraction of sp³-hybridized carbons (Fsp3) is 0.333. The number of hydrogen-bond donors (Lipinski definition) is 2. The van der Waals surface area contributed by atoms with Crippen LogP contribution in [-0.2, 0) is 25.3 Å². The minimum Gasteiger partial charge on any atom is -0.383 e. The van der Waals surface area contributed by atoms with Crippen LogP contribution in [0.1, 0.15) is 18.4 Å². The van der Waals surface area contributed by atoms with Crippen molar-refractivity contribution < 1.29 is 32.3 Å². The molecule has 0 aliphatic carbocycles. The molecule has 0 bridgehead atoms. The molecule has 2 rings (SSSR count). The highest BCUT2D eigenvalue weighted by Crippen LogP contribution is 2.31. The molecule has 11 heteroatoms. The summed E-state index contributed by atoms with van der Waals surface area (Å²) in [6.45, 7) is -0.102. The summed E-state index contributed by atoms with van der Waals surface area (Å²) in [6.07, 6.45) is -3.69. The summed E-state index contributed by atoms with van der Waals surface area (Å²) >= 11 is 0. The standard InChI is InChI=1S/C21H23F3N4O4/c1-32-12-11-26-19(30)14-28(16-6-4-5-15(13-16)21(22,23)24)20(31)9-8-18(29)27-17-7-2-3-10-25-17/h2-7,10,13H,8-9,11-12,14H2,1H3,(H,26,30)(H,25,27,29). The molecule has 0 saturated heterocycles. The molecule has 0 saturated carbocycles. The molecule has 0 spiro atoms. The molecule has 8 nitrogen and oxygen atoms in total. The Balaban J connectivity index is 2.11. The molecule has 32 heavy (non-hydrogen) atoms. The van der Waals surface area contributed by atoms with Gasteiger partial charge in [-0.1, -0.05) is 12.1 Å². The van der Waals surface area contributed by atoms with Crippen molar-refractivity contribution in [2.45, 2.75) is 19.0 Å². The van der Waals surface area contributed by atoms with Gasteiger partial charge in [0.2, 0.25) is 17.7 Å². The molecule has 1 heterocycles. The Morgan fingerprint density at radius 2 is 1.84 bits per heavy atom. The number of aromatic nitrogens is 1. The number of amides is 3. The number of nitrogens with zero attached hydrogens (tertiary/aromatic N) is 2. The molecule has 0 aliphatic rings. The van der Waals surface area contributed by atoms with E-state index in [1.165, 1.54) is 19.4 Å². The Bertz CT molecular complexity index is 923. The number of nitrogens with one attached hydrogen (secondary N) is 2. The fourth-order valence-electron chi connectivity index (χ4n) is 2.66. The van der Waals surface area contributed by atoms with E-state index in [2.05, 4.69) is 15.6 Å². The molecular weight excluding hydrogens is 429 g/mol. The van der Waals surface area contributed by atoms with Crippen LogP contribution in [0.2, 0.25) is 0 Å². The van der Waals surface area contributed by atoms with Crippen LogP contribution < -0.4 is 15.5 Å². The van der Waals surface area contributed by atoms with E-state index in [0.717, 1.165) is 23.1 Å². The van der Waals surface area contributed by atoms with Gasteiger partial charge in [0.05, 0.1) is 12.2 Å². The summed E-state index contributed by atoms with van der Waals surface area (Å²) in [4.78, 5) is 41.9. The summed E-state index contributed by atoms with van der Waals surface area (Å²) in [5.74, 6) is -1.45. The first kappa shape index (κ1) is 24.8. The first-order valence-electron chi connectivity index (χ1n) is 9.65. The van der Waals surface area contributed by atoms with Gasteiger partial charge in [0, 0.05) is 38.4 Å². The highest BCUT2D eigenvalue weighted by molar-refractivity contribution is 6.01. The van der Waals surface area contributed by atoms with Crippen LogP contribution >= 0.6 is 0 Å². The van der Waals surface area contributed by atoms with Crippen LogP contribution in [0.15, 0.2) is 48.7 Å². The molecule has 1 aromatic carbocycles. The van der Waals surface area contributed by atoms with Crippen molar-refractivity contribution in [2.75, 3.05) is 37.0 Å².